The number of methoxy groups -OCH3 is 2. The van der Waals surface area contributed by atoms with Gasteiger partial charge in [0.2, 0.25) is 5.91 Å². The molecule has 0 unspecified atom stereocenters. The van der Waals surface area contributed by atoms with Crippen LogP contribution in [0.3, 0.4) is 0 Å². The summed E-state index contributed by atoms with van der Waals surface area (Å²) in [6, 6.07) is 11.2. The zero-order valence-electron chi connectivity index (χ0n) is 19.0. The molecule has 1 aromatic heterocycles. The topological polar surface area (TPSA) is 96.0 Å². The van der Waals surface area contributed by atoms with Crippen molar-refractivity contribution < 1.29 is 28.5 Å². The predicted octanol–water partition coefficient (Wildman–Crippen LogP) is 4.61. The second-order valence-electron chi connectivity index (χ2n) is 7.14. The minimum Gasteiger partial charge on any atom is -0.494 e. The summed E-state index contributed by atoms with van der Waals surface area (Å²) in [7, 11) is 3.17. The zero-order valence-corrected chi connectivity index (χ0v) is 19.8. The van der Waals surface area contributed by atoms with Gasteiger partial charge in [0.1, 0.15) is 5.75 Å². The summed E-state index contributed by atoms with van der Waals surface area (Å²) in [6.45, 7) is 2.59. The number of benzene rings is 2. The summed E-state index contributed by atoms with van der Waals surface area (Å²) in [5, 5.41) is 3.41. The van der Waals surface area contributed by atoms with Crippen LogP contribution in [0.2, 0.25) is 0 Å². The number of aromatic nitrogens is 1. The molecule has 1 heterocycles. The van der Waals surface area contributed by atoms with E-state index in [1.165, 1.54) is 11.3 Å². The predicted molar refractivity (Wildman–Crippen MR) is 127 cm³/mol. The second-order valence-corrected chi connectivity index (χ2v) is 8.17. The molecule has 0 bridgehead atoms. The van der Waals surface area contributed by atoms with Crippen LogP contribution >= 0.6 is 11.3 Å². The van der Waals surface area contributed by atoms with Gasteiger partial charge >= 0.3 is 5.97 Å². The Morgan fingerprint density at radius 2 is 1.85 bits per heavy atom. The molecule has 0 aliphatic heterocycles. The molecule has 1 N–H and O–H groups in total. The monoisotopic (exact) mass is 472 g/mol. The Labute approximate surface area is 196 Å². The summed E-state index contributed by atoms with van der Waals surface area (Å²) < 4.78 is 22.1. The van der Waals surface area contributed by atoms with Gasteiger partial charge in [-0.3, -0.25) is 9.59 Å². The molecule has 3 aromatic rings. The molecule has 33 heavy (non-hydrogen) atoms. The number of hydrogen-bond acceptors (Lipinski definition) is 8. The van der Waals surface area contributed by atoms with Crippen molar-refractivity contribution in [2.45, 2.75) is 32.6 Å². The number of fused-ring (bicyclic) bond motifs is 1. The van der Waals surface area contributed by atoms with Gasteiger partial charge in [0.05, 0.1) is 37.6 Å². The third-order valence-corrected chi connectivity index (χ3v) is 5.73. The van der Waals surface area contributed by atoms with E-state index in [9.17, 15) is 9.59 Å². The molecule has 2 aromatic carbocycles. The Morgan fingerprint density at radius 3 is 2.61 bits per heavy atom. The number of carbonyl (C=O) groups is 2. The van der Waals surface area contributed by atoms with Crippen LogP contribution in [0.25, 0.3) is 10.2 Å². The second kappa shape index (κ2) is 12.1. The summed E-state index contributed by atoms with van der Waals surface area (Å²) in [4.78, 5) is 28.3. The minimum absolute atomic E-state index is 0.112. The van der Waals surface area contributed by atoms with E-state index in [1.54, 1.807) is 21.1 Å². The molecule has 3 rings (SSSR count). The fourth-order valence-corrected chi connectivity index (χ4v) is 4.07. The third kappa shape index (κ3) is 7.08. The van der Waals surface area contributed by atoms with Crippen molar-refractivity contribution in [3.05, 3.63) is 42.0 Å². The molecule has 0 fully saturated rings. The molecule has 1 amide bonds. The van der Waals surface area contributed by atoms with Crippen LogP contribution in [-0.4, -0.2) is 44.3 Å². The quantitative estimate of drug-likeness (QED) is 0.304. The molecule has 0 atom stereocenters. The fraction of sp³-hybridized carbons (Fsp3) is 0.375. The standard InChI is InChI=1S/C24H28N2O6S/c1-4-31-23(28)6-5-13-32-17-9-10-18-21(15-17)33-24(25-18)26-22(27)12-8-16-7-11-19(29-2)20(14-16)30-3/h7,9-11,14-15H,4-6,8,12-13H2,1-3H3,(H,25,26,27). The van der Waals surface area contributed by atoms with Gasteiger partial charge in [-0.05, 0) is 55.7 Å². The number of nitrogens with one attached hydrogen (secondary N) is 1. The van der Waals surface area contributed by atoms with E-state index >= 15 is 0 Å². The number of ether oxygens (including phenoxy) is 4. The third-order valence-electron chi connectivity index (χ3n) is 4.79. The maximum atomic E-state index is 12.4. The van der Waals surface area contributed by atoms with Crippen molar-refractivity contribution in [1.29, 1.82) is 0 Å². The summed E-state index contributed by atoms with van der Waals surface area (Å²) >= 11 is 1.39. The molecule has 0 saturated heterocycles. The van der Waals surface area contributed by atoms with E-state index < -0.39 is 0 Å². The van der Waals surface area contributed by atoms with Gasteiger partial charge in [0.15, 0.2) is 16.6 Å². The molecule has 0 saturated carbocycles. The number of anilines is 1. The highest BCUT2D eigenvalue weighted by Crippen LogP contribution is 2.30. The van der Waals surface area contributed by atoms with Crippen LogP contribution in [-0.2, 0) is 20.7 Å². The molecule has 176 valence electrons. The SMILES string of the molecule is CCOC(=O)CCCOc1ccc2nc(NC(=O)CCc3ccc(OC)c(OC)c3)sc2c1. The summed E-state index contributed by atoms with van der Waals surface area (Å²) in [6.07, 6.45) is 1.80. The van der Waals surface area contributed by atoms with Crippen molar-refractivity contribution in [3.63, 3.8) is 0 Å². The van der Waals surface area contributed by atoms with E-state index in [0.717, 1.165) is 15.8 Å². The van der Waals surface area contributed by atoms with Gasteiger partial charge in [-0.15, -0.1) is 0 Å². The fourth-order valence-electron chi connectivity index (χ4n) is 3.16. The van der Waals surface area contributed by atoms with Gasteiger partial charge < -0.3 is 24.3 Å². The number of aryl methyl sites for hydroxylation is 1. The van der Waals surface area contributed by atoms with Crippen LogP contribution in [0.1, 0.15) is 31.7 Å². The Morgan fingerprint density at radius 1 is 1.03 bits per heavy atom. The number of amides is 1. The minimum atomic E-state index is -0.217. The van der Waals surface area contributed by atoms with Crippen molar-refractivity contribution >= 4 is 38.6 Å². The number of hydrogen-bond donors (Lipinski definition) is 1. The maximum Gasteiger partial charge on any atom is 0.305 e. The van der Waals surface area contributed by atoms with E-state index in [4.69, 9.17) is 18.9 Å². The number of esters is 1. The molecular formula is C24H28N2O6S. The first kappa shape index (κ1) is 24.3. The first-order chi connectivity index (χ1) is 16.0. The molecule has 0 aliphatic carbocycles. The highest BCUT2D eigenvalue weighted by molar-refractivity contribution is 7.22. The van der Waals surface area contributed by atoms with Crippen LogP contribution in [0.4, 0.5) is 5.13 Å². The lowest BCUT2D eigenvalue weighted by molar-refractivity contribution is -0.143. The summed E-state index contributed by atoms with van der Waals surface area (Å²) in [5.74, 6) is 1.66. The lowest BCUT2D eigenvalue weighted by atomic mass is 10.1. The molecule has 8 nitrogen and oxygen atoms in total. The van der Waals surface area contributed by atoms with E-state index in [-0.39, 0.29) is 11.9 Å². The van der Waals surface area contributed by atoms with Crippen LogP contribution in [0.15, 0.2) is 36.4 Å². The van der Waals surface area contributed by atoms with E-state index in [0.29, 0.717) is 61.3 Å². The van der Waals surface area contributed by atoms with Gasteiger partial charge in [0.25, 0.3) is 0 Å². The molecule has 0 aliphatic rings. The Bertz CT molecular complexity index is 1100. The van der Waals surface area contributed by atoms with Crippen molar-refractivity contribution in [1.82, 2.24) is 4.98 Å². The Hall–Kier alpha value is -3.33. The smallest absolute Gasteiger partial charge is 0.305 e. The highest BCUT2D eigenvalue weighted by Gasteiger charge is 2.11. The van der Waals surface area contributed by atoms with Crippen molar-refractivity contribution in [2.75, 3.05) is 32.8 Å². The maximum absolute atomic E-state index is 12.4. The van der Waals surface area contributed by atoms with E-state index in [1.807, 2.05) is 36.4 Å². The van der Waals surface area contributed by atoms with Gasteiger partial charge in [-0.1, -0.05) is 17.4 Å². The largest absolute Gasteiger partial charge is 0.494 e. The number of thiazole rings is 1. The molecule has 9 heteroatoms. The van der Waals surface area contributed by atoms with Gasteiger partial charge in [0, 0.05) is 12.8 Å². The highest BCUT2D eigenvalue weighted by atomic mass is 32.1. The Kier molecular flexibility index (Phi) is 8.88. The number of rotatable bonds is 12. The number of nitrogens with zero attached hydrogens (tertiary/aromatic N) is 1. The van der Waals surface area contributed by atoms with E-state index in [2.05, 4.69) is 10.3 Å². The lowest BCUT2D eigenvalue weighted by Gasteiger charge is -2.09. The average molecular weight is 473 g/mol. The molecular weight excluding hydrogens is 444 g/mol. The lowest BCUT2D eigenvalue weighted by Crippen LogP contribution is -2.12. The molecule has 0 spiro atoms. The Balaban J connectivity index is 1.51. The van der Waals surface area contributed by atoms with Crippen LogP contribution < -0.4 is 19.5 Å². The van der Waals surface area contributed by atoms with Gasteiger partial charge in [-0.2, -0.15) is 0 Å². The van der Waals surface area contributed by atoms with Crippen molar-refractivity contribution in [3.8, 4) is 17.2 Å². The van der Waals surface area contributed by atoms with Crippen LogP contribution in [0.5, 0.6) is 17.2 Å². The number of carbonyl (C=O) groups excluding carboxylic acids is 2. The van der Waals surface area contributed by atoms with Crippen molar-refractivity contribution in [2.24, 2.45) is 0 Å². The first-order valence-electron chi connectivity index (χ1n) is 10.7. The molecule has 0 radical (unpaired) electrons. The first-order valence-corrected chi connectivity index (χ1v) is 11.5. The summed E-state index contributed by atoms with van der Waals surface area (Å²) in [5.41, 5.74) is 1.77. The normalized spacial score (nSPS) is 10.6. The van der Waals surface area contributed by atoms with Gasteiger partial charge in [-0.25, -0.2) is 4.98 Å². The zero-order chi connectivity index (χ0) is 23.6. The van der Waals surface area contributed by atoms with Crippen LogP contribution in [0, 0.1) is 0 Å². The average Bonchev–Trinajstić information content (AvgIpc) is 3.21.